The van der Waals surface area contributed by atoms with Gasteiger partial charge in [-0.2, -0.15) is 0 Å². The molecule has 6 nitrogen and oxygen atoms in total. The molecule has 0 bridgehead atoms. The summed E-state index contributed by atoms with van der Waals surface area (Å²) in [5, 5.41) is 3.40. The zero-order valence-corrected chi connectivity index (χ0v) is 21.6. The maximum Gasteiger partial charge on any atom is 0.194 e. The lowest BCUT2D eigenvalue weighted by Crippen LogP contribution is -2.30. The van der Waals surface area contributed by atoms with E-state index in [2.05, 4.69) is 72.1 Å². The van der Waals surface area contributed by atoms with Crippen molar-refractivity contribution in [2.45, 2.75) is 45.6 Å². The molecule has 1 aliphatic heterocycles. The van der Waals surface area contributed by atoms with Gasteiger partial charge in [-0.25, -0.2) is 9.97 Å². The van der Waals surface area contributed by atoms with E-state index in [1.807, 2.05) is 25.1 Å². The minimum Gasteiger partial charge on any atom is -0.493 e. The minimum atomic E-state index is -0.146. The molecule has 0 saturated carbocycles. The summed E-state index contributed by atoms with van der Waals surface area (Å²) >= 11 is 0. The van der Waals surface area contributed by atoms with Crippen LogP contribution in [0.15, 0.2) is 67.4 Å². The molecule has 0 spiro atoms. The SMILES string of the molecule is C=C(OCC)c1nccc(COc2ccc(C(C)(C)c3ccc(OCC4CCNCC4)cc3)cc2)n1. The second-order valence-electron chi connectivity index (χ2n) is 9.69. The van der Waals surface area contributed by atoms with Crippen molar-refractivity contribution in [1.29, 1.82) is 0 Å². The predicted octanol–water partition coefficient (Wildman–Crippen LogP) is 5.77. The molecule has 4 rings (SSSR count). The number of hydrogen-bond acceptors (Lipinski definition) is 6. The van der Waals surface area contributed by atoms with Crippen LogP contribution in [0, 0.1) is 5.92 Å². The monoisotopic (exact) mass is 487 g/mol. The molecular formula is C30H37N3O3. The van der Waals surface area contributed by atoms with E-state index < -0.39 is 0 Å². The van der Waals surface area contributed by atoms with Crippen LogP contribution in [-0.4, -0.2) is 36.3 Å². The third-order valence-electron chi connectivity index (χ3n) is 6.76. The summed E-state index contributed by atoms with van der Waals surface area (Å²) in [6.45, 7) is 14.1. The van der Waals surface area contributed by atoms with Crippen LogP contribution in [0.25, 0.3) is 5.76 Å². The number of hydrogen-bond donors (Lipinski definition) is 1. The largest absolute Gasteiger partial charge is 0.493 e. The molecule has 6 heteroatoms. The molecule has 0 aliphatic carbocycles. The lowest BCUT2D eigenvalue weighted by molar-refractivity contribution is 0.215. The highest BCUT2D eigenvalue weighted by Gasteiger charge is 2.23. The number of ether oxygens (including phenoxy) is 3. The van der Waals surface area contributed by atoms with Crippen molar-refractivity contribution in [2.24, 2.45) is 5.92 Å². The Balaban J connectivity index is 1.34. The molecule has 0 amide bonds. The summed E-state index contributed by atoms with van der Waals surface area (Å²) in [7, 11) is 0. The van der Waals surface area contributed by atoms with E-state index >= 15 is 0 Å². The maximum atomic E-state index is 6.07. The zero-order chi connectivity index (χ0) is 25.4. The Morgan fingerprint density at radius 3 is 2.17 bits per heavy atom. The van der Waals surface area contributed by atoms with Gasteiger partial charge in [-0.3, -0.25) is 0 Å². The number of nitrogens with one attached hydrogen (secondary N) is 1. The molecule has 0 unspecified atom stereocenters. The second kappa shape index (κ2) is 12.0. The fourth-order valence-corrected chi connectivity index (χ4v) is 4.37. The van der Waals surface area contributed by atoms with E-state index in [0.717, 1.165) is 36.9 Å². The highest BCUT2D eigenvalue weighted by atomic mass is 16.5. The standard InChI is InChI=1S/C30H37N3O3/c1-5-34-22(2)29-32-19-16-26(33-29)21-36-28-12-8-25(9-13-28)30(3,4)24-6-10-27(11-7-24)35-20-23-14-17-31-18-15-23/h6-13,16,19,23,31H,2,5,14-15,17-18,20-21H2,1,3-4H3. The normalized spacial score (nSPS) is 14.3. The molecule has 1 saturated heterocycles. The van der Waals surface area contributed by atoms with Crippen LogP contribution in [0.2, 0.25) is 0 Å². The number of benzene rings is 2. The smallest absolute Gasteiger partial charge is 0.194 e. The highest BCUT2D eigenvalue weighted by Crippen LogP contribution is 2.33. The molecule has 1 aromatic heterocycles. The molecule has 3 aromatic rings. The first-order valence-corrected chi connectivity index (χ1v) is 12.8. The van der Waals surface area contributed by atoms with Gasteiger partial charge < -0.3 is 19.5 Å². The predicted molar refractivity (Wildman–Crippen MR) is 143 cm³/mol. The number of aromatic nitrogens is 2. The molecule has 190 valence electrons. The molecule has 1 aliphatic rings. The zero-order valence-electron chi connectivity index (χ0n) is 21.6. The molecule has 0 atom stereocenters. The lowest BCUT2D eigenvalue weighted by atomic mass is 9.78. The Kier molecular flexibility index (Phi) is 8.60. The van der Waals surface area contributed by atoms with E-state index in [1.165, 1.54) is 24.0 Å². The van der Waals surface area contributed by atoms with Gasteiger partial charge in [0.2, 0.25) is 0 Å². The van der Waals surface area contributed by atoms with Gasteiger partial charge in [0, 0.05) is 11.6 Å². The van der Waals surface area contributed by atoms with Crippen molar-refractivity contribution in [3.63, 3.8) is 0 Å². The van der Waals surface area contributed by atoms with Crippen LogP contribution in [0.1, 0.15) is 56.3 Å². The van der Waals surface area contributed by atoms with Crippen molar-refractivity contribution < 1.29 is 14.2 Å². The number of nitrogens with zero attached hydrogens (tertiary/aromatic N) is 2. The highest BCUT2D eigenvalue weighted by molar-refractivity contribution is 5.49. The summed E-state index contributed by atoms with van der Waals surface area (Å²) in [5.74, 6) is 3.33. The molecule has 2 heterocycles. The quantitative estimate of drug-likeness (QED) is 0.347. The van der Waals surface area contributed by atoms with Crippen LogP contribution in [0.5, 0.6) is 11.5 Å². The minimum absolute atomic E-state index is 0.146. The molecule has 1 fully saturated rings. The summed E-state index contributed by atoms with van der Waals surface area (Å²) in [4.78, 5) is 8.69. The Morgan fingerprint density at radius 2 is 1.56 bits per heavy atom. The fraction of sp³-hybridized carbons (Fsp3) is 0.400. The van der Waals surface area contributed by atoms with Gasteiger partial charge in [-0.1, -0.05) is 44.7 Å². The Hall–Kier alpha value is -3.38. The van der Waals surface area contributed by atoms with Crippen LogP contribution in [0.4, 0.5) is 0 Å². The van der Waals surface area contributed by atoms with Gasteiger partial charge in [0.15, 0.2) is 11.6 Å². The molecule has 2 aromatic carbocycles. The van der Waals surface area contributed by atoms with Gasteiger partial charge in [0.25, 0.3) is 0 Å². The van der Waals surface area contributed by atoms with E-state index in [0.29, 0.717) is 30.7 Å². The molecule has 36 heavy (non-hydrogen) atoms. The third kappa shape index (κ3) is 6.64. The van der Waals surface area contributed by atoms with Crippen LogP contribution < -0.4 is 14.8 Å². The van der Waals surface area contributed by atoms with Crippen LogP contribution >= 0.6 is 0 Å². The Bertz CT molecular complexity index is 1120. The van der Waals surface area contributed by atoms with Crippen molar-refractivity contribution in [3.05, 3.63) is 90.0 Å². The average molecular weight is 488 g/mol. The first-order valence-electron chi connectivity index (χ1n) is 12.8. The first kappa shape index (κ1) is 25.7. The number of rotatable bonds is 11. The van der Waals surface area contributed by atoms with E-state index in [1.54, 1.807) is 6.20 Å². The van der Waals surface area contributed by atoms with Crippen molar-refractivity contribution >= 4 is 5.76 Å². The van der Waals surface area contributed by atoms with E-state index in [-0.39, 0.29) is 5.41 Å². The fourth-order valence-electron chi connectivity index (χ4n) is 4.37. The van der Waals surface area contributed by atoms with Gasteiger partial charge in [0.1, 0.15) is 18.1 Å². The summed E-state index contributed by atoms with van der Waals surface area (Å²) in [5.41, 5.74) is 3.09. The topological polar surface area (TPSA) is 65.5 Å². The Labute approximate surface area is 214 Å². The molecule has 1 N–H and O–H groups in total. The van der Waals surface area contributed by atoms with Crippen molar-refractivity contribution in [3.8, 4) is 11.5 Å². The van der Waals surface area contributed by atoms with E-state index in [9.17, 15) is 0 Å². The van der Waals surface area contributed by atoms with Gasteiger partial charge in [0.05, 0.1) is 18.9 Å². The van der Waals surface area contributed by atoms with Crippen molar-refractivity contribution in [2.75, 3.05) is 26.3 Å². The second-order valence-corrected chi connectivity index (χ2v) is 9.69. The first-order chi connectivity index (χ1) is 17.5. The van der Waals surface area contributed by atoms with Gasteiger partial charge >= 0.3 is 0 Å². The lowest BCUT2D eigenvalue weighted by Gasteiger charge is -2.27. The van der Waals surface area contributed by atoms with Gasteiger partial charge in [-0.15, -0.1) is 0 Å². The number of piperidine rings is 1. The van der Waals surface area contributed by atoms with Crippen LogP contribution in [-0.2, 0) is 16.8 Å². The summed E-state index contributed by atoms with van der Waals surface area (Å²) in [6.07, 6.45) is 4.07. The van der Waals surface area contributed by atoms with Crippen LogP contribution in [0.3, 0.4) is 0 Å². The van der Waals surface area contributed by atoms with E-state index in [4.69, 9.17) is 14.2 Å². The summed E-state index contributed by atoms with van der Waals surface area (Å²) in [6, 6.07) is 18.6. The third-order valence-corrected chi connectivity index (χ3v) is 6.76. The van der Waals surface area contributed by atoms with Gasteiger partial charge in [-0.05, 0) is 80.2 Å². The average Bonchev–Trinajstić information content (AvgIpc) is 2.92. The Morgan fingerprint density at radius 1 is 0.944 bits per heavy atom. The summed E-state index contributed by atoms with van der Waals surface area (Å²) < 4.78 is 17.4. The molecular weight excluding hydrogens is 450 g/mol. The molecule has 0 radical (unpaired) electrons. The van der Waals surface area contributed by atoms with Crippen molar-refractivity contribution in [1.82, 2.24) is 15.3 Å². The maximum absolute atomic E-state index is 6.07.